The van der Waals surface area contributed by atoms with E-state index in [0.29, 0.717) is 29.9 Å². The van der Waals surface area contributed by atoms with E-state index in [0.717, 1.165) is 5.56 Å². The second-order valence-electron chi connectivity index (χ2n) is 5.83. The number of rotatable bonds is 5. The smallest absolute Gasteiger partial charge is 0.271 e. The van der Waals surface area contributed by atoms with Gasteiger partial charge in [-0.3, -0.25) is 19.2 Å². The highest BCUT2D eigenvalue weighted by atomic mass is 32.2. The zero-order valence-corrected chi connectivity index (χ0v) is 14.8. The lowest BCUT2D eigenvalue weighted by molar-refractivity contribution is -0.384. The van der Waals surface area contributed by atoms with Gasteiger partial charge in [-0.05, 0) is 43.2 Å². The van der Waals surface area contributed by atoms with Crippen molar-refractivity contribution in [2.75, 3.05) is 21.9 Å². The molecule has 0 unspecified atom stereocenters. The summed E-state index contributed by atoms with van der Waals surface area (Å²) in [6.45, 7) is 1.95. The van der Waals surface area contributed by atoms with Crippen LogP contribution in [0.2, 0.25) is 0 Å². The summed E-state index contributed by atoms with van der Waals surface area (Å²) in [6.07, 6.45) is 0.534. The summed E-state index contributed by atoms with van der Waals surface area (Å²) in [7, 11) is -3.34. The Balaban J connectivity index is 1.82. The maximum absolute atomic E-state index is 12.4. The molecular weight excluding hydrogens is 358 g/mol. The maximum atomic E-state index is 12.4. The lowest BCUT2D eigenvalue weighted by atomic mass is 10.1. The first-order valence-electron chi connectivity index (χ1n) is 8.01. The molecule has 0 fully saturated rings. The molecule has 1 heterocycles. The number of fused-ring (bicyclic) bond motifs is 1. The molecule has 0 atom stereocenters. The third kappa shape index (κ3) is 3.38. The number of sulfonamides is 1. The van der Waals surface area contributed by atoms with Crippen LogP contribution in [0.25, 0.3) is 0 Å². The zero-order valence-electron chi connectivity index (χ0n) is 14.0. The molecule has 1 aliphatic rings. The van der Waals surface area contributed by atoms with Crippen molar-refractivity contribution in [3.63, 3.8) is 0 Å². The maximum Gasteiger partial charge on any atom is 0.271 e. The number of nitrogens with one attached hydrogen (secondary N) is 1. The first-order chi connectivity index (χ1) is 12.3. The fourth-order valence-corrected chi connectivity index (χ4v) is 4.02. The van der Waals surface area contributed by atoms with Crippen LogP contribution in [0.15, 0.2) is 42.5 Å². The Morgan fingerprint density at radius 3 is 2.73 bits per heavy atom. The molecule has 0 bridgehead atoms. The van der Waals surface area contributed by atoms with Gasteiger partial charge in [0.25, 0.3) is 11.6 Å². The first-order valence-corrected chi connectivity index (χ1v) is 9.62. The number of benzene rings is 2. The summed E-state index contributed by atoms with van der Waals surface area (Å²) in [4.78, 5) is 22.7. The Kier molecular flexibility index (Phi) is 4.64. The largest absolute Gasteiger partial charge is 0.322 e. The molecule has 1 amide bonds. The summed E-state index contributed by atoms with van der Waals surface area (Å²) in [5, 5.41) is 13.4. The molecule has 1 aliphatic heterocycles. The molecule has 0 radical (unpaired) electrons. The average molecular weight is 375 g/mol. The highest BCUT2D eigenvalue weighted by molar-refractivity contribution is 7.92. The van der Waals surface area contributed by atoms with Crippen molar-refractivity contribution >= 4 is 33.0 Å². The molecule has 0 saturated heterocycles. The van der Waals surface area contributed by atoms with Gasteiger partial charge < -0.3 is 5.32 Å². The van der Waals surface area contributed by atoms with Crippen LogP contribution >= 0.6 is 0 Å². The highest BCUT2D eigenvalue weighted by Crippen LogP contribution is 2.31. The highest BCUT2D eigenvalue weighted by Gasteiger charge is 2.28. The molecule has 8 nitrogen and oxygen atoms in total. The molecule has 136 valence electrons. The van der Waals surface area contributed by atoms with Gasteiger partial charge in [0, 0.05) is 29.9 Å². The number of anilines is 2. The molecule has 0 aliphatic carbocycles. The lowest BCUT2D eigenvalue weighted by Crippen LogP contribution is -2.30. The number of hydrogen-bond donors (Lipinski definition) is 1. The molecule has 3 rings (SSSR count). The molecule has 0 spiro atoms. The number of amides is 1. The summed E-state index contributed by atoms with van der Waals surface area (Å²) in [5.41, 5.74) is 1.95. The van der Waals surface area contributed by atoms with Crippen LogP contribution in [-0.4, -0.2) is 31.5 Å². The summed E-state index contributed by atoms with van der Waals surface area (Å²) < 4.78 is 25.6. The Hall–Kier alpha value is -2.94. The van der Waals surface area contributed by atoms with Crippen molar-refractivity contribution in [2.24, 2.45) is 0 Å². The SMILES string of the molecule is CCS(=O)(=O)N1CCc2cc(C(=O)Nc3cccc([N+](=O)[O-])c3)ccc21. The fourth-order valence-electron chi connectivity index (χ4n) is 2.86. The van der Waals surface area contributed by atoms with Crippen LogP contribution in [0.3, 0.4) is 0 Å². The van der Waals surface area contributed by atoms with E-state index in [2.05, 4.69) is 5.32 Å². The van der Waals surface area contributed by atoms with Gasteiger partial charge in [0.2, 0.25) is 10.0 Å². The Bertz CT molecular complexity index is 988. The molecular formula is C17H17N3O5S. The third-order valence-electron chi connectivity index (χ3n) is 4.21. The van der Waals surface area contributed by atoms with Gasteiger partial charge in [-0.25, -0.2) is 8.42 Å². The van der Waals surface area contributed by atoms with E-state index in [-0.39, 0.29) is 11.4 Å². The molecule has 2 aromatic carbocycles. The number of carbonyl (C=O) groups is 1. The second kappa shape index (κ2) is 6.75. The zero-order chi connectivity index (χ0) is 18.9. The molecule has 0 saturated carbocycles. The second-order valence-corrected chi connectivity index (χ2v) is 8.01. The van der Waals surface area contributed by atoms with E-state index in [9.17, 15) is 23.3 Å². The third-order valence-corrected chi connectivity index (χ3v) is 5.99. The van der Waals surface area contributed by atoms with Gasteiger partial charge in [0.15, 0.2) is 0 Å². The quantitative estimate of drug-likeness (QED) is 0.638. The summed E-state index contributed by atoms with van der Waals surface area (Å²) >= 11 is 0. The predicted molar refractivity (Wildman–Crippen MR) is 98.0 cm³/mol. The van der Waals surface area contributed by atoms with Gasteiger partial charge in [-0.15, -0.1) is 0 Å². The normalized spacial score (nSPS) is 13.3. The summed E-state index contributed by atoms with van der Waals surface area (Å²) in [6, 6.07) is 10.5. The van der Waals surface area contributed by atoms with Crippen molar-refractivity contribution < 1.29 is 18.1 Å². The fraction of sp³-hybridized carbons (Fsp3) is 0.235. The first kappa shape index (κ1) is 17.9. The standard InChI is InChI=1S/C17H17N3O5S/c1-2-26(24,25)19-9-8-12-10-13(6-7-16(12)19)17(21)18-14-4-3-5-15(11-14)20(22)23/h3-7,10-11H,2,8-9H2,1H3,(H,18,21). The van der Waals surface area contributed by atoms with Gasteiger partial charge >= 0.3 is 0 Å². The minimum Gasteiger partial charge on any atom is -0.322 e. The van der Waals surface area contributed by atoms with Crippen molar-refractivity contribution in [3.05, 3.63) is 63.7 Å². The van der Waals surface area contributed by atoms with Crippen LogP contribution in [0.5, 0.6) is 0 Å². The average Bonchev–Trinajstić information content (AvgIpc) is 3.05. The van der Waals surface area contributed by atoms with Crippen LogP contribution in [-0.2, 0) is 16.4 Å². The Labute approximate surface area is 150 Å². The van der Waals surface area contributed by atoms with Crippen molar-refractivity contribution in [1.29, 1.82) is 0 Å². The van der Waals surface area contributed by atoms with Crippen LogP contribution in [0, 0.1) is 10.1 Å². The van der Waals surface area contributed by atoms with E-state index in [1.54, 1.807) is 31.2 Å². The van der Waals surface area contributed by atoms with E-state index >= 15 is 0 Å². The van der Waals surface area contributed by atoms with Crippen LogP contribution < -0.4 is 9.62 Å². The number of hydrogen-bond acceptors (Lipinski definition) is 5. The monoisotopic (exact) mass is 375 g/mol. The van der Waals surface area contributed by atoms with E-state index in [1.165, 1.54) is 22.5 Å². The predicted octanol–water partition coefficient (Wildman–Crippen LogP) is 2.56. The molecule has 26 heavy (non-hydrogen) atoms. The van der Waals surface area contributed by atoms with E-state index in [4.69, 9.17) is 0 Å². The lowest BCUT2D eigenvalue weighted by Gasteiger charge is -2.18. The van der Waals surface area contributed by atoms with E-state index in [1.807, 2.05) is 0 Å². The molecule has 2 aromatic rings. The van der Waals surface area contributed by atoms with E-state index < -0.39 is 20.9 Å². The number of nitrogens with zero attached hydrogens (tertiary/aromatic N) is 2. The molecule has 1 N–H and O–H groups in total. The number of nitro benzene ring substituents is 1. The van der Waals surface area contributed by atoms with Gasteiger partial charge in [0.05, 0.1) is 16.4 Å². The van der Waals surface area contributed by atoms with Crippen LogP contribution in [0.4, 0.5) is 17.1 Å². The Morgan fingerprint density at radius 2 is 2.04 bits per heavy atom. The van der Waals surface area contributed by atoms with Crippen molar-refractivity contribution in [2.45, 2.75) is 13.3 Å². The van der Waals surface area contributed by atoms with Gasteiger partial charge in [0.1, 0.15) is 0 Å². The summed E-state index contributed by atoms with van der Waals surface area (Å²) in [5.74, 6) is -0.397. The number of carbonyl (C=O) groups excluding carboxylic acids is 1. The molecule has 0 aromatic heterocycles. The van der Waals surface area contributed by atoms with Crippen molar-refractivity contribution in [3.8, 4) is 0 Å². The van der Waals surface area contributed by atoms with Gasteiger partial charge in [-0.1, -0.05) is 6.07 Å². The number of non-ortho nitro benzene ring substituents is 1. The van der Waals surface area contributed by atoms with Gasteiger partial charge in [-0.2, -0.15) is 0 Å². The topological polar surface area (TPSA) is 110 Å². The number of nitro groups is 1. The van der Waals surface area contributed by atoms with Crippen LogP contribution in [0.1, 0.15) is 22.8 Å². The Morgan fingerprint density at radius 1 is 1.27 bits per heavy atom. The minimum absolute atomic E-state index is 0.0153. The minimum atomic E-state index is -3.34. The molecule has 9 heteroatoms. The van der Waals surface area contributed by atoms with Crippen molar-refractivity contribution in [1.82, 2.24) is 0 Å².